The van der Waals surface area contributed by atoms with E-state index in [4.69, 9.17) is 0 Å². The second kappa shape index (κ2) is 6.86. The number of para-hydroxylation sites is 2. The Kier molecular flexibility index (Phi) is 3.88. The van der Waals surface area contributed by atoms with E-state index in [-0.39, 0.29) is 0 Å². The van der Waals surface area contributed by atoms with Crippen molar-refractivity contribution in [3.05, 3.63) is 115 Å². The molecule has 6 rings (SSSR count). The van der Waals surface area contributed by atoms with Crippen LogP contribution in [-0.4, -0.2) is 4.57 Å². The molecular formula is C29H18N2. The zero-order chi connectivity index (χ0) is 20.8. The molecule has 1 heterocycles. The monoisotopic (exact) mass is 394 g/mol. The molecule has 2 nitrogen and oxygen atoms in total. The van der Waals surface area contributed by atoms with Crippen molar-refractivity contribution in [3.63, 3.8) is 0 Å². The van der Waals surface area contributed by atoms with Gasteiger partial charge in [-0.05, 0) is 46.8 Å². The smallest absolute Gasteiger partial charge is 0.0998 e. The minimum Gasteiger partial charge on any atom is -0.309 e. The van der Waals surface area contributed by atoms with Crippen molar-refractivity contribution in [1.29, 1.82) is 5.26 Å². The van der Waals surface area contributed by atoms with E-state index in [9.17, 15) is 5.26 Å². The molecule has 1 aromatic heterocycles. The third kappa shape index (κ3) is 2.64. The molecule has 0 aliphatic carbocycles. The number of hydrogen-bond acceptors (Lipinski definition) is 1. The van der Waals surface area contributed by atoms with Crippen molar-refractivity contribution in [3.8, 4) is 22.9 Å². The van der Waals surface area contributed by atoms with Gasteiger partial charge < -0.3 is 4.57 Å². The molecule has 6 aromatic rings. The highest BCUT2D eigenvalue weighted by molar-refractivity contribution is 6.09. The fraction of sp³-hybridized carbons (Fsp3) is 0. The maximum atomic E-state index is 9.62. The van der Waals surface area contributed by atoms with Crippen LogP contribution in [0.3, 0.4) is 0 Å². The molecule has 2 heteroatoms. The highest BCUT2D eigenvalue weighted by Gasteiger charge is 2.12. The van der Waals surface area contributed by atoms with Crippen LogP contribution < -0.4 is 0 Å². The van der Waals surface area contributed by atoms with Crippen LogP contribution in [0.2, 0.25) is 0 Å². The molecule has 0 saturated heterocycles. The fourth-order valence-corrected chi connectivity index (χ4v) is 4.67. The van der Waals surface area contributed by atoms with Crippen molar-refractivity contribution in [2.45, 2.75) is 0 Å². The minimum atomic E-state index is 0.708. The Bertz CT molecular complexity index is 1570. The molecule has 0 bridgehead atoms. The van der Waals surface area contributed by atoms with E-state index in [1.54, 1.807) is 0 Å². The summed E-state index contributed by atoms with van der Waals surface area (Å²) >= 11 is 0. The molecule has 0 N–H and O–H groups in total. The van der Waals surface area contributed by atoms with Crippen molar-refractivity contribution < 1.29 is 0 Å². The van der Waals surface area contributed by atoms with Crippen LogP contribution in [-0.2, 0) is 0 Å². The summed E-state index contributed by atoms with van der Waals surface area (Å²) in [6.45, 7) is 0. The van der Waals surface area contributed by atoms with Gasteiger partial charge in [0.1, 0.15) is 0 Å². The van der Waals surface area contributed by atoms with Crippen molar-refractivity contribution in [2.75, 3.05) is 0 Å². The molecule has 0 atom stereocenters. The van der Waals surface area contributed by atoms with Crippen LogP contribution >= 0.6 is 0 Å². The van der Waals surface area contributed by atoms with Crippen LogP contribution in [0, 0.1) is 11.3 Å². The van der Waals surface area contributed by atoms with Crippen molar-refractivity contribution in [2.24, 2.45) is 0 Å². The zero-order valence-corrected chi connectivity index (χ0v) is 16.8. The number of hydrogen-bond donors (Lipinski definition) is 0. The van der Waals surface area contributed by atoms with E-state index in [0.29, 0.717) is 5.56 Å². The van der Waals surface area contributed by atoms with E-state index in [2.05, 4.69) is 108 Å². The number of aromatic nitrogens is 1. The second-order valence-corrected chi connectivity index (χ2v) is 7.74. The summed E-state index contributed by atoms with van der Waals surface area (Å²) in [6.07, 6.45) is 0. The van der Waals surface area contributed by atoms with Gasteiger partial charge in [-0.15, -0.1) is 0 Å². The Hall–Kier alpha value is -4.35. The normalized spacial score (nSPS) is 11.2. The van der Waals surface area contributed by atoms with Crippen LogP contribution in [0.25, 0.3) is 49.4 Å². The van der Waals surface area contributed by atoms with E-state index in [1.807, 2.05) is 12.1 Å². The summed E-state index contributed by atoms with van der Waals surface area (Å²) in [7, 11) is 0. The molecular weight excluding hydrogens is 376 g/mol. The lowest BCUT2D eigenvalue weighted by Crippen LogP contribution is -1.93. The number of benzene rings is 5. The third-order valence-corrected chi connectivity index (χ3v) is 6.04. The van der Waals surface area contributed by atoms with Gasteiger partial charge in [-0.1, -0.05) is 78.9 Å². The van der Waals surface area contributed by atoms with Gasteiger partial charge in [0.2, 0.25) is 0 Å². The summed E-state index contributed by atoms with van der Waals surface area (Å²) in [5.41, 5.74) is 6.43. The Morgan fingerprint density at radius 2 is 1.19 bits per heavy atom. The molecule has 31 heavy (non-hydrogen) atoms. The number of rotatable bonds is 2. The summed E-state index contributed by atoms with van der Waals surface area (Å²) < 4.78 is 2.32. The second-order valence-electron chi connectivity index (χ2n) is 7.74. The number of nitriles is 1. The summed E-state index contributed by atoms with van der Waals surface area (Å²) in [6, 6.07) is 40.2. The van der Waals surface area contributed by atoms with Gasteiger partial charge in [-0.2, -0.15) is 5.26 Å². The molecule has 0 fully saturated rings. The average molecular weight is 394 g/mol. The summed E-state index contributed by atoms with van der Waals surface area (Å²) in [5.74, 6) is 0. The maximum Gasteiger partial charge on any atom is 0.0998 e. The quantitative estimate of drug-likeness (QED) is 0.299. The maximum absolute atomic E-state index is 9.62. The molecule has 0 aliphatic heterocycles. The highest BCUT2D eigenvalue weighted by atomic mass is 15.0. The lowest BCUT2D eigenvalue weighted by atomic mass is 9.95. The van der Waals surface area contributed by atoms with E-state index >= 15 is 0 Å². The predicted molar refractivity (Wildman–Crippen MR) is 128 cm³/mol. The van der Waals surface area contributed by atoms with E-state index in [0.717, 1.165) is 27.6 Å². The van der Waals surface area contributed by atoms with Gasteiger partial charge in [0.05, 0.1) is 22.7 Å². The van der Waals surface area contributed by atoms with Crippen LogP contribution in [0.4, 0.5) is 0 Å². The van der Waals surface area contributed by atoms with E-state index in [1.165, 1.54) is 21.8 Å². The Morgan fingerprint density at radius 1 is 0.581 bits per heavy atom. The van der Waals surface area contributed by atoms with Gasteiger partial charge in [-0.3, -0.25) is 0 Å². The largest absolute Gasteiger partial charge is 0.309 e. The van der Waals surface area contributed by atoms with Gasteiger partial charge >= 0.3 is 0 Å². The Balaban J connectivity index is 1.56. The van der Waals surface area contributed by atoms with Crippen LogP contribution in [0.1, 0.15) is 5.56 Å². The molecule has 144 valence electrons. The molecule has 0 aliphatic rings. The Labute approximate surface area is 180 Å². The predicted octanol–water partition coefficient (Wildman–Crippen LogP) is 7.48. The molecule has 0 spiro atoms. The van der Waals surface area contributed by atoms with Gasteiger partial charge in [-0.25, -0.2) is 0 Å². The standard InChI is InChI=1S/C29H18N2/c30-19-22-9-5-7-21-8-6-12-24(29(21)22)20-15-17-23(18-16-20)31-27-13-3-1-10-25(27)26-11-2-4-14-28(26)31/h1-18H. The first-order valence-corrected chi connectivity index (χ1v) is 10.4. The lowest BCUT2D eigenvalue weighted by Gasteiger charge is -2.11. The first-order chi connectivity index (χ1) is 15.3. The van der Waals surface area contributed by atoms with Crippen molar-refractivity contribution in [1.82, 2.24) is 4.57 Å². The molecule has 0 radical (unpaired) electrons. The first-order valence-electron chi connectivity index (χ1n) is 10.4. The minimum absolute atomic E-state index is 0.708. The first kappa shape index (κ1) is 17.5. The third-order valence-electron chi connectivity index (χ3n) is 6.04. The zero-order valence-electron chi connectivity index (χ0n) is 16.8. The fourth-order valence-electron chi connectivity index (χ4n) is 4.67. The topological polar surface area (TPSA) is 28.7 Å². The highest BCUT2D eigenvalue weighted by Crippen LogP contribution is 2.34. The molecule has 0 amide bonds. The SMILES string of the molecule is N#Cc1cccc2cccc(-c3ccc(-n4c5ccccc5c5ccccc54)cc3)c12. The van der Waals surface area contributed by atoms with Crippen LogP contribution in [0.15, 0.2) is 109 Å². The van der Waals surface area contributed by atoms with E-state index < -0.39 is 0 Å². The Morgan fingerprint density at radius 3 is 1.84 bits per heavy atom. The summed E-state index contributed by atoms with van der Waals surface area (Å²) in [4.78, 5) is 0. The van der Waals surface area contributed by atoms with Gasteiger partial charge in [0.25, 0.3) is 0 Å². The van der Waals surface area contributed by atoms with Crippen molar-refractivity contribution >= 4 is 32.6 Å². The molecule has 0 unspecified atom stereocenters. The van der Waals surface area contributed by atoms with Gasteiger partial charge in [0.15, 0.2) is 0 Å². The van der Waals surface area contributed by atoms with Crippen LogP contribution in [0.5, 0.6) is 0 Å². The molecule has 0 saturated carbocycles. The van der Waals surface area contributed by atoms with Gasteiger partial charge in [0, 0.05) is 21.8 Å². The number of fused-ring (bicyclic) bond motifs is 4. The molecule has 5 aromatic carbocycles. The number of nitrogens with zero attached hydrogens (tertiary/aromatic N) is 2. The average Bonchev–Trinajstić information content (AvgIpc) is 3.18. The summed E-state index contributed by atoms with van der Waals surface area (Å²) in [5, 5.41) is 14.2. The lowest BCUT2D eigenvalue weighted by molar-refractivity contribution is 1.18.